The van der Waals surface area contributed by atoms with Gasteiger partial charge in [-0.25, -0.2) is 9.97 Å². The lowest BCUT2D eigenvalue weighted by molar-refractivity contribution is 1.15. The molecule has 0 aliphatic carbocycles. The molecule has 0 aliphatic rings. The van der Waals surface area contributed by atoms with Crippen LogP contribution in [0.2, 0.25) is 0 Å². The van der Waals surface area contributed by atoms with Gasteiger partial charge in [-0.15, -0.1) is 0 Å². The van der Waals surface area contributed by atoms with Gasteiger partial charge in [0, 0.05) is 27.5 Å². The van der Waals surface area contributed by atoms with E-state index < -0.39 is 0 Å². The molecule has 0 saturated heterocycles. The molecule has 0 N–H and O–H groups in total. The first kappa shape index (κ1) is 27.5. The number of fused-ring (bicyclic) bond motifs is 7. The number of hydrogen-bond acceptors (Lipinski definition) is 2. The van der Waals surface area contributed by atoms with Crippen molar-refractivity contribution in [2.45, 2.75) is 0 Å². The SMILES string of the molecule is c1ccc(-c2nc(-c3ccccc3-n3c4ccccc4c4ccccc43)cc(-c3c4ccccc4cc4c3ccc3ccccc34)n2)cc1. The normalized spacial score (nSPS) is 11.7. The Hall–Kier alpha value is -6.58. The lowest BCUT2D eigenvalue weighted by Gasteiger charge is -2.17. The highest BCUT2D eigenvalue weighted by Crippen LogP contribution is 2.41. The fourth-order valence-electron chi connectivity index (χ4n) is 7.59. The van der Waals surface area contributed by atoms with E-state index in [2.05, 4.69) is 174 Å². The Balaban J connectivity index is 1.31. The second-order valence-electron chi connectivity index (χ2n) is 12.6. The van der Waals surface area contributed by atoms with Crippen molar-refractivity contribution in [3.63, 3.8) is 0 Å². The minimum Gasteiger partial charge on any atom is -0.309 e. The molecular formula is C46H29N3. The largest absolute Gasteiger partial charge is 0.309 e. The molecule has 10 rings (SSSR count). The Bertz CT molecular complexity index is 2830. The molecule has 8 aromatic carbocycles. The second kappa shape index (κ2) is 11.0. The van der Waals surface area contributed by atoms with Crippen molar-refractivity contribution < 1.29 is 0 Å². The zero-order valence-electron chi connectivity index (χ0n) is 26.6. The van der Waals surface area contributed by atoms with Gasteiger partial charge in [-0.2, -0.15) is 0 Å². The van der Waals surface area contributed by atoms with E-state index in [1.165, 1.54) is 54.1 Å². The van der Waals surface area contributed by atoms with Gasteiger partial charge in [-0.05, 0) is 62.6 Å². The van der Waals surface area contributed by atoms with Gasteiger partial charge >= 0.3 is 0 Å². The number of para-hydroxylation sites is 3. The first-order valence-corrected chi connectivity index (χ1v) is 16.7. The minimum atomic E-state index is 0.701. The quantitative estimate of drug-likeness (QED) is 0.144. The van der Waals surface area contributed by atoms with E-state index in [0.717, 1.165) is 33.8 Å². The van der Waals surface area contributed by atoms with Gasteiger partial charge in [-0.1, -0.05) is 146 Å². The van der Waals surface area contributed by atoms with Gasteiger partial charge in [-0.3, -0.25) is 0 Å². The van der Waals surface area contributed by atoms with Crippen LogP contribution in [0.15, 0.2) is 176 Å². The van der Waals surface area contributed by atoms with Crippen LogP contribution < -0.4 is 0 Å². The zero-order chi connectivity index (χ0) is 32.3. The van der Waals surface area contributed by atoms with Crippen molar-refractivity contribution in [1.29, 1.82) is 0 Å². The summed E-state index contributed by atoms with van der Waals surface area (Å²) >= 11 is 0. The molecule has 3 nitrogen and oxygen atoms in total. The van der Waals surface area contributed by atoms with E-state index in [1.54, 1.807) is 0 Å². The van der Waals surface area contributed by atoms with Crippen LogP contribution in [0, 0.1) is 0 Å². The standard InChI is InChI=1S/C46H29N3/c1-2-15-31(16-3-1)46-47-40(38-22-10-13-25-44(38)49-42-23-11-8-20-35(42)36-21-9-12-24-43(36)49)29-41(48-46)45-34-19-7-5-17-32(34)28-39-33-18-6-4-14-30(33)26-27-37(39)45/h1-29H. The summed E-state index contributed by atoms with van der Waals surface area (Å²) in [5, 5.41) is 9.69. The number of nitrogens with zero attached hydrogens (tertiary/aromatic N) is 3. The minimum absolute atomic E-state index is 0.701. The van der Waals surface area contributed by atoms with Crippen LogP contribution in [-0.2, 0) is 0 Å². The molecule has 0 saturated carbocycles. The molecule has 228 valence electrons. The van der Waals surface area contributed by atoms with Crippen LogP contribution in [0.1, 0.15) is 0 Å². The Labute approximate surface area is 283 Å². The van der Waals surface area contributed by atoms with Crippen molar-refractivity contribution in [3.8, 4) is 39.6 Å². The van der Waals surface area contributed by atoms with Gasteiger partial charge in [0.25, 0.3) is 0 Å². The summed E-state index contributed by atoms with van der Waals surface area (Å²) in [5.41, 5.74) is 8.34. The molecule has 2 heterocycles. The highest BCUT2D eigenvalue weighted by molar-refractivity contribution is 6.20. The van der Waals surface area contributed by atoms with E-state index in [-0.39, 0.29) is 0 Å². The fraction of sp³-hybridized carbons (Fsp3) is 0. The fourth-order valence-corrected chi connectivity index (χ4v) is 7.59. The van der Waals surface area contributed by atoms with Crippen LogP contribution in [0.25, 0.3) is 93.7 Å². The van der Waals surface area contributed by atoms with Gasteiger partial charge in [0.1, 0.15) is 0 Å². The smallest absolute Gasteiger partial charge is 0.160 e. The molecule has 0 fully saturated rings. The monoisotopic (exact) mass is 623 g/mol. The van der Waals surface area contributed by atoms with Gasteiger partial charge in [0.2, 0.25) is 0 Å². The number of rotatable bonds is 4. The van der Waals surface area contributed by atoms with Crippen molar-refractivity contribution >= 4 is 54.1 Å². The summed E-state index contributed by atoms with van der Waals surface area (Å²) in [6.07, 6.45) is 0. The predicted molar refractivity (Wildman–Crippen MR) is 205 cm³/mol. The molecule has 0 atom stereocenters. The van der Waals surface area contributed by atoms with Crippen molar-refractivity contribution in [2.75, 3.05) is 0 Å². The lowest BCUT2D eigenvalue weighted by atomic mass is 9.91. The van der Waals surface area contributed by atoms with Crippen LogP contribution >= 0.6 is 0 Å². The van der Waals surface area contributed by atoms with Gasteiger partial charge < -0.3 is 4.57 Å². The third-order valence-corrected chi connectivity index (χ3v) is 9.79. The molecule has 0 amide bonds. The molecular weight excluding hydrogens is 595 g/mol. The molecule has 0 unspecified atom stereocenters. The molecule has 0 radical (unpaired) electrons. The van der Waals surface area contributed by atoms with E-state index in [4.69, 9.17) is 9.97 Å². The Kier molecular flexibility index (Phi) is 6.18. The molecule has 10 aromatic rings. The lowest BCUT2D eigenvalue weighted by Crippen LogP contribution is -2.01. The highest BCUT2D eigenvalue weighted by atomic mass is 15.0. The average molecular weight is 624 g/mol. The Morgan fingerprint density at radius 3 is 1.73 bits per heavy atom. The van der Waals surface area contributed by atoms with E-state index in [1.807, 2.05) is 6.07 Å². The number of hydrogen-bond donors (Lipinski definition) is 0. The highest BCUT2D eigenvalue weighted by Gasteiger charge is 2.20. The van der Waals surface area contributed by atoms with Crippen molar-refractivity contribution in [2.24, 2.45) is 0 Å². The topological polar surface area (TPSA) is 30.7 Å². The second-order valence-corrected chi connectivity index (χ2v) is 12.6. The van der Waals surface area contributed by atoms with E-state index >= 15 is 0 Å². The predicted octanol–water partition coefficient (Wildman–Crippen LogP) is 12.0. The van der Waals surface area contributed by atoms with Crippen LogP contribution in [0.5, 0.6) is 0 Å². The maximum atomic E-state index is 5.35. The maximum absolute atomic E-state index is 5.35. The van der Waals surface area contributed by atoms with Crippen LogP contribution in [0.4, 0.5) is 0 Å². The average Bonchev–Trinajstić information content (AvgIpc) is 3.51. The maximum Gasteiger partial charge on any atom is 0.160 e. The summed E-state index contributed by atoms with van der Waals surface area (Å²) in [4.78, 5) is 10.7. The summed E-state index contributed by atoms with van der Waals surface area (Å²) in [6.45, 7) is 0. The summed E-state index contributed by atoms with van der Waals surface area (Å²) in [5.74, 6) is 0.701. The first-order chi connectivity index (χ1) is 24.3. The molecule has 0 aliphatic heterocycles. The van der Waals surface area contributed by atoms with E-state index in [9.17, 15) is 0 Å². The summed E-state index contributed by atoms with van der Waals surface area (Å²) in [6, 6.07) is 62.6. The third-order valence-electron chi connectivity index (χ3n) is 9.79. The molecule has 3 heteroatoms. The number of benzene rings is 8. The van der Waals surface area contributed by atoms with E-state index in [0.29, 0.717) is 5.82 Å². The van der Waals surface area contributed by atoms with Crippen molar-refractivity contribution in [3.05, 3.63) is 176 Å². The van der Waals surface area contributed by atoms with Crippen LogP contribution in [0.3, 0.4) is 0 Å². The molecule has 2 aromatic heterocycles. The third kappa shape index (κ3) is 4.37. The Morgan fingerprint density at radius 1 is 0.367 bits per heavy atom. The summed E-state index contributed by atoms with van der Waals surface area (Å²) in [7, 11) is 0. The van der Waals surface area contributed by atoms with Gasteiger partial charge in [0.15, 0.2) is 5.82 Å². The summed E-state index contributed by atoms with van der Waals surface area (Å²) < 4.78 is 2.38. The zero-order valence-corrected chi connectivity index (χ0v) is 26.6. The van der Waals surface area contributed by atoms with Crippen LogP contribution in [-0.4, -0.2) is 14.5 Å². The number of aromatic nitrogens is 3. The van der Waals surface area contributed by atoms with Gasteiger partial charge in [0.05, 0.1) is 28.1 Å². The first-order valence-electron chi connectivity index (χ1n) is 16.7. The Morgan fingerprint density at radius 2 is 0.959 bits per heavy atom. The molecule has 49 heavy (non-hydrogen) atoms. The molecule has 0 bridgehead atoms. The molecule has 0 spiro atoms. The van der Waals surface area contributed by atoms with Crippen molar-refractivity contribution in [1.82, 2.24) is 14.5 Å².